The van der Waals surface area contributed by atoms with Gasteiger partial charge in [0.15, 0.2) is 0 Å². The zero-order valence-corrected chi connectivity index (χ0v) is 15.0. The zero-order valence-electron chi connectivity index (χ0n) is 15.0. The van der Waals surface area contributed by atoms with Crippen LogP contribution in [0, 0.1) is 24.7 Å². The van der Waals surface area contributed by atoms with Gasteiger partial charge >= 0.3 is 0 Å². The lowest BCUT2D eigenvalue weighted by Crippen LogP contribution is -2.34. The highest BCUT2D eigenvalue weighted by Crippen LogP contribution is 2.21. The first kappa shape index (κ1) is 17.4. The van der Waals surface area contributed by atoms with Crippen LogP contribution in [0.1, 0.15) is 29.5 Å². The van der Waals surface area contributed by atoms with Crippen molar-refractivity contribution in [3.8, 4) is 11.8 Å². The molecule has 25 heavy (non-hydrogen) atoms. The van der Waals surface area contributed by atoms with Crippen molar-refractivity contribution in [2.24, 2.45) is 5.92 Å². The van der Waals surface area contributed by atoms with Crippen molar-refractivity contribution in [3.05, 3.63) is 59.2 Å². The third-order valence-electron chi connectivity index (χ3n) is 4.97. The summed E-state index contributed by atoms with van der Waals surface area (Å²) in [6.45, 7) is 5.23. The van der Waals surface area contributed by atoms with Crippen LogP contribution in [0.5, 0.6) is 0 Å². The van der Waals surface area contributed by atoms with Crippen LogP contribution in [-0.2, 0) is 6.42 Å². The molecule has 0 amide bonds. The molecule has 1 saturated heterocycles. The van der Waals surface area contributed by atoms with E-state index in [-0.39, 0.29) is 0 Å². The Morgan fingerprint density at radius 1 is 1.00 bits per heavy atom. The third kappa shape index (κ3) is 5.01. The van der Waals surface area contributed by atoms with Crippen LogP contribution < -0.4 is 11.5 Å². The number of aryl methyl sites for hydroxylation is 1. The highest BCUT2D eigenvalue weighted by atomic mass is 15.1. The predicted octanol–water partition coefficient (Wildman–Crippen LogP) is 3.47. The van der Waals surface area contributed by atoms with Gasteiger partial charge in [0.2, 0.25) is 0 Å². The van der Waals surface area contributed by atoms with E-state index < -0.39 is 0 Å². The SMILES string of the molecule is Cc1ccc(CC2CCN(CC#Cc3ccc(N)c(N)c3)CC2)cc1. The number of hydrogen-bond acceptors (Lipinski definition) is 3. The lowest BCUT2D eigenvalue weighted by molar-refractivity contribution is 0.203. The molecule has 4 N–H and O–H groups in total. The standard InChI is InChI=1S/C22H27N3/c1-17-4-6-19(7-5-17)15-20-10-13-25(14-11-20)12-2-3-18-8-9-21(23)22(24)16-18/h4-9,16,20H,10-15,23-24H2,1H3. The molecule has 1 aliphatic rings. The maximum absolute atomic E-state index is 5.82. The molecular formula is C22H27N3. The predicted molar refractivity (Wildman–Crippen MR) is 106 cm³/mol. The molecule has 1 aliphatic heterocycles. The van der Waals surface area contributed by atoms with Gasteiger partial charge in [-0.2, -0.15) is 0 Å². The normalized spacial score (nSPS) is 15.6. The average molecular weight is 333 g/mol. The lowest BCUT2D eigenvalue weighted by atomic mass is 9.90. The molecule has 0 spiro atoms. The first-order chi connectivity index (χ1) is 12.1. The molecule has 0 aromatic heterocycles. The quantitative estimate of drug-likeness (QED) is 0.668. The van der Waals surface area contributed by atoms with E-state index in [9.17, 15) is 0 Å². The molecule has 0 bridgehead atoms. The fraction of sp³-hybridized carbons (Fsp3) is 0.364. The van der Waals surface area contributed by atoms with Crippen molar-refractivity contribution in [1.82, 2.24) is 4.90 Å². The number of benzene rings is 2. The molecule has 1 fully saturated rings. The minimum absolute atomic E-state index is 0.601. The molecule has 2 aromatic carbocycles. The van der Waals surface area contributed by atoms with Crippen molar-refractivity contribution in [2.45, 2.75) is 26.2 Å². The van der Waals surface area contributed by atoms with Crippen LogP contribution in [0.25, 0.3) is 0 Å². The largest absolute Gasteiger partial charge is 0.397 e. The van der Waals surface area contributed by atoms with E-state index in [1.165, 1.54) is 30.4 Å². The summed E-state index contributed by atoms with van der Waals surface area (Å²) >= 11 is 0. The van der Waals surface area contributed by atoms with Gasteiger partial charge in [0.25, 0.3) is 0 Å². The van der Waals surface area contributed by atoms with E-state index >= 15 is 0 Å². The molecule has 0 unspecified atom stereocenters. The van der Waals surface area contributed by atoms with Gasteiger partial charge in [-0.25, -0.2) is 0 Å². The third-order valence-corrected chi connectivity index (χ3v) is 4.97. The minimum Gasteiger partial charge on any atom is -0.397 e. The average Bonchev–Trinajstić information content (AvgIpc) is 2.61. The van der Waals surface area contributed by atoms with E-state index in [0.29, 0.717) is 11.4 Å². The summed E-state index contributed by atoms with van der Waals surface area (Å²) in [5.74, 6) is 7.25. The number of nitrogen functional groups attached to an aromatic ring is 2. The minimum atomic E-state index is 0.601. The van der Waals surface area contributed by atoms with Gasteiger partial charge in [-0.3, -0.25) is 4.90 Å². The van der Waals surface area contributed by atoms with Gasteiger partial charge < -0.3 is 11.5 Å². The van der Waals surface area contributed by atoms with Crippen molar-refractivity contribution in [2.75, 3.05) is 31.1 Å². The number of piperidine rings is 1. The highest BCUT2D eigenvalue weighted by Gasteiger charge is 2.18. The van der Waals surface area contributed by atoms with Gasteiger partial charge in [-0.05, 0) is 69.0 Å². The van der Waals surface area contributed by atoms with Crippen LogP contribution in [0.15, 0.2) is 42.5 Å². The van der Waals surface area contributed by atoms with E-state index in [4.69, 9.17) is 11.5 Å². The van der Waals surface area contributed by atoms with Crippen LogP contribution >= 0.6 is 0 Å². The Hall–Kier alpha value is -2.44. The summed E-state index contributed by atoms with van der Waals surface area (Å²) in [6.07, 6.45) is 3.71. The molecule has 0 aliphatic carbocycles. The summed E-state index contributed by atoms with van der Waals surface area (Å²) < 4.78 is 0. The second-order valence-electron chi connectivity index (χ2n) is 7.05. The molecular weight excluding hydrogens is 306 g/mol. The maximum Gasteiger partial charge on any atom is 0.0605 e. The van der Waals surface area contributed by atoms with Crippen molar-refractivity contribution < 1.29 is 0 Å². The second kappa shape index (κ2) is 8.09. The Bertz CT molecular complexity index is 760. The number of rotatable bonds is 3. The van der Waals surface area contributed by atoms with E-state index in [2.05, 4.69) is 47.9 Å². The fourth-order valence-electron chi connectivity index (χ4n) is 3.31. The number of anilines is 2. The van der Waals surface area contributed by atoms with Crippen LogP contribution in [-0.4, -0.2) is 24.5 Å². The number of nitrogens with two attached hydrogens (primary N) is 2. The molecule has 3 heteroatoms. The highest BCUT2D eigenvalue weighted by molar-refractivity contribution is 5.65. The van der Waals surface area contributed by atoms with Crippen molar-refractivity contribution in [3.63, 3.8) is 0 Å². The van der Waals surface area contributed by atoms with Gasteiger partial charge in [-0.1, -0.05) is 41.7 Å². The molecule has 130 valence electrons. The summed E-state index contributed by atoms with van der Waals surface area (Å²) in [6, 6.07) is 14.5. The Kier molecular flexibility index (Phi) is 5.63. The molecule has 0 atom stereocenters. The van der Waals surface area contributed by atoms with Crippen molar-refractivity contribution in [1.29, 1.82) is 0 Å². The molecule has 3 rings (SSSR count). The van der Waals surface area contributed by atoms with Crippen molar-refractivity contribution >= 4 is 11.4 Å². The Labute approximate surface area is 151 Å². The van der Waals surface area contributed by atoms with Crippen LogP contribution in [0.3, 0.4) is 0 Å². The smallest absolute Gasteiger partial charge is 0.0605 e. The lowest BCUT2D eigenvalue weighted by Gasteiger charge is -2.30. The van der Waals surface area contributed by atoms with Crippen LogP contribution in [0.4, 0.5) is 11.4 Å². The van der Waals surface area contributed by atoms with E-state index in [0.717, 1.165) is 31.1 Å². The van der Waals surface area contributed by atoms with Crippen LogP contribution in [0.2, 0.25) is 0 Å². The van der Waals surface area contributed by atoms with Gasteiger partial charge in [0, 0.05) is 5.56 Å². The van der Waals surface area contributed by atoms with E-state index in [1.54, 1.807) is 0 Å². The number of likely N-dealkylation sites (tertiary alicyclic amines) is 1. The molecule has 0 radical (unpaired) electrons. The Balaban J connectivity index is 1.45. The van der Waals surface area contributed by atoms with Gasteiger partial charge in [-0.15, -0.1) is 0 Å². The molecule has 3 nitrogen and oxygen atoms in total. The summed E-state index contributed by atoms with van der Waals surface area (Å²) in [7, 11) is 0. The summed E-state index contributed by atoms with van der Waals surface area (Å²) in [5, 5.41) is 0. The summed E-state index contributed by atoms with van der Waals surface area (Å²) in [5.41, 5.74) is 16.5. The first-order valence-electron chi connectivity index (χ1n) is 9.02. The number of hydrogen-bond donors (Lipinski definition) is 2. The fourth-order valence-corrected chi connectivity index (χ4v) is 3.31. The Morgan fingerprint density at radius 3 is 2.40 bits per heavy atom. The van der Waals surface area contributed by atoms with Gasteiger partial charge in [0.05, 0.1) is 17.9 Å². The summed E-state index contributed by atoms with van der Waals surface area (Å²) in [4.78, 5) is 2.44. The van der Waals surface area contributed by atoms with Gasteiger partial charge in [0.1, 0.15) is 0 Å². The Morgan fingerprint density at radius 2 is 1.72 bits per heavy atom. The molecule has 1 heterocycles. The number of nitrogens with zero attached hydrogens (tertiary/aromatic N) is 1. The maximum atomic E-state index is 5.82. The monoisotopic (exact) mass is 333 g/mol. The van der Waals surface area contributed by atoms with E-state index in [1.807, 2.05) is 18.2 Å². The molecule has 2 aromatic rings. The topological polar surface area (TPSA) is 55.3 Å². The molecule has 0 saturated carbocycles. The zero-order chi connectivity index (χ0) is 17.6. The second-order valence-corrected chi connectivity index (χ2v) is 7.05. The first-order valence-corrected chi connectivity index (χ1v) is 9.02.